The number of carboxylic acid groups (broad SMARTS) is 1. The van der Waals surface area contributed by atoms with Crippen molar-refractivity contribution in [3.05, 3.63) is 76.4 Å². The summed E-state index contributed by atoms with van der Waals surface area (Å²) < 4.78 is 12.4. The Morgan fingerprint density at radius 2 is 2.03 bits per heavy atom. The summed E-state index contributed by atoms with van der Waals surface area (Å²) in [4.78, 5) is 29.3. The third-order valence-corrected chi connectivity index (χ3v) is 6.15. The van der Waals surface area contributed by atoms with Crippen LogP contribution in [-0.2, 0) is 11.2 Å². The quantitative estimate of drug-likeness (QED) is 0.360. The molecule has 0 spiro atoms. The Hall–Kier alpha value is -3.94. The molecule has 0 atom stereocenters. The van der Waals surface area contributed by atoms with E-state index in [2.05, 4.69) is 11.7 Å². The van der Waals surface area contributed by atoms with Crippen LogP contribution in [0.15, 0.2) is 58.9 Å². The lowest BCUT2D eigenvalue weighted by Crippen LogP contribution is -2.25. The van der Waals surface area contributed by atoms with Gasteiger partial charge in [0, 0.05) is 11.5 Å². The number of benzene rings is 2. The number of carbonyl (C=O) groups is 1. The van der Waals surface area contributed by atoms with Crippen LogP contribution in [0.25, 0.3) is 10.9 Å². The van der Waals surface area contributed by atoms with Crippen molar-refractivity contribution in [1.29, 1.82) is 0 Å². The molecular weight excluding hydrogens is 446 g/mol. The fraction of sp³-hybridized carbons (Fsp3) is 0.333. The molecule has 2 aromatic carbocycles. The van der Waals surface area contributed by atoms with Crippen LogP contribution in [0, 0.1) is 0 Å². The predicted octanol–water partition coefficient (Wildman–Crippen LogP) is 4.53. The molecule has 8 nitrogen and oxygen atoms in total. The van der Waals surface area contributed by atoms with Gasteiger partial charge in [-0.1, -0.05) is 37.5 Å². The largest absolute Gasteiger partial charge is 0.493 e. The van der Waals surface area contributed by atoms with E-state index in [1.165, 1.54) is 18.2 Å². The first-order valence-electron chi connectivity index (χ1n) is 11.7. The molecule has 182 valence electrons. The number of methoxy groups -OCH3 is 1. The molecule has 1 N–H and O–H groups in total. The third-order valence-electron chi connectivity index (χ3n) is 6.15. The van der Waals surface area contributed by atoms with Crippen LogP contribution in [-0.4, -0.2) is 40.7 Å². The number of aromatic nitrogens is 2. The number of ether oxygens (including phenoxy) is 2. The fourth-order valence-electron chi connectivity index (χ4n) is 4.52. The summed E-state index contributed by atoms with van der Waals surface area (Å²) in [5.74, 6) is 0.504. The van der Waals surface area contributed by atoms with Crippen LogP contribution < -0.4 is 15.0 Å². The van der Waals surface area contributed by atoms with E-state index in [-0.39, 0.29) is 11.5 Å². The molecule has 0 unspecified atom stereocenters. The van der Waals surface area contributed by atoms with Crippen molar-refractivity contribution in [1.82, 2.24) is 9.66 Å². The number of allylic oxidation sites excluding steroid dienone is 1. The fourth-order valence-corrected chi connectivity index (χ4v) is 4.52. The Balaban J connectivity index is 1.79. The van der Waals surface area contributed by atoms with Gasteiger partial charge in [0.05, 0.1) is 24.2 Å². The summed E-state index contributed by atoms with van der Waals surface area (Å²) in [6, 6.07) is 10.9. The zero-order chi connectivity index (χ0) is 24.8. The molecular formula is C27H29N3O5. The zero-order valence-corrected chi connectivity index (χ0v) is 19.8. The van der Waals surface area contributed by atoms with Gasteiger partial charge in [-0.05, 0) is 49.1 Å². The average Bonchev–Trinajstić information content (AvgIpc) is 2.87. The van der Waals surface area contributed by atoms with Gasteiger partial charge in [-0.25, -0.2) is 9.78 Å². The van der Waals surface area contributed by atoms with Crippen molar-refractivity contribution in [2.75, 3.05) is 13.7 Å². The second-order valence-electron chi connectivity index (χ2n) is 8.57. The van der Waals surface area contributed by atoms with E-state index in [9.17, 15) is 9.59 Å². The van der Waals surface area contributed by atoms with Crippen LogP contribution in [0.1, 0.15) is 55.0 Å². The average molecular weight is 476 g/mol. The van der Waals surface area contributed by atoms with Crippen LogP contribution in [0.4, 0.5) is 0 Å². The van der Waals surface area contributed by atoms with Gasteiger partial charge in [0.1, 0.15) is 5.82 Å². The van der Waals surface area contributed by atoms with Gasteiger partial charge in [0.25, 0.3) is 5.56 Å². The van der Waals surface area contributed by atoms with Crippen molar-refractivity contribution in [3.63, 3.8) is 0 Å². The maximum Gasteiger partial charge on any atom is 0.341 e. The second-order valence-corrected chi connectivity index (χ2v) is 8.57. The highest BCUT2D eigenvalue weighted by Crippen LogP contribution is 2.34. The first-order valence-corrected chi connectivity index (χ1v) is 11.7. The number of fused-ring (bicyclic) bond motifs is 1. The third kappa shape index (κ3) is 5.42. The van der Waals surface area contributed by atoms with Crippen molar-refractivity contribution >= 4 is 23.1 Å². The summed E-state index contributed by atoms with van der Waals surface area (Å²) in [6.45, 7) is 3.29. The molecule has 1 aliphatic rings. The molecule has 0 saturated heterocycles. The van der Waals surface area contributed by atoms with Gasteiger partial charge >= 0.3 is 5.97 Å². The highest BCUT2D eigenvalue weighted by atomic mass is 16.5. The van der Waals surface area contributed by atoms with Gasteiger partial charge in [-0.2, -0.15) is 9.78 Å². The summed E-state index contributed by atoms with van der Waals surface area (Å²) >= 11 is 0. The van der Waals surface area contributed by atoms with Crippen molar-refractivity contribution in [2.45, 2.75) is 44.4 Å². The monoisotopic (exact) mass is 475 g/mol. The maximum absolute atomic E-state index is 13.4. The van der Waals surface area contributed by atoms with E-state index in [4.69, 9.17) is 19.6 Å². The van der Waals surface area contributed by atoms with Gasteiger partial charge in [0.15, 0.2) is 18.1 Å². The molecule has 0 amide bonds. The lowest BCUT2D eigenvalue weighted by Gasteiger charge is -2.22. The number of para-hydroxylation sites is 1. The first-order chi connectivity index (χ1) is 17.0. The van der Waals surface area contributed by atoms with E-state index in [0.29, 0.717) is 45.8 Å². The van der Waals surface area contributed by atoms with Crippen LogP contribution in [0.3, 0.4) is 0 Å². The van der Waals surface area contributed by atoms with E-state index < -0.39 is 12.6 Å². The lowest BCUT2D eigenvalue weighted by atomic mass is 9.88. The number of hydrogen-bond acceptors (Lipinski definition) is 6. The Kier molecular flexibility index (Phi) is 7.60. The van der Waals surface area contributed by atoms with Crippen molar-refractivity contribution in [2.24, 2.45) is 5.10 Å². The van der Waals surface area contributed by atoms with E-state index in [1.807, 2.05) is 24.3 Å². The Morgan fingerprint density at radius 3 is 2.74 bits per heavy atom. The number of hydrogen-bond donors (Lipinski definition) is 1. The highest BCUT2D eigenvalue weighted by molar-refractivity contribution is 5.82. The first kappa shape index (κ1) is 24.2. The molecule has 1 aromatic heterocycles. The molecule has 1 aliphatic carbocycles. The summed E-state index contributed by atoms with van der Waals surface area (Å²) in [5, 5.41) is 14.1. The number of rotatable bonds is 9. The van der Waals surface area contributed by atoms with Gasteiger partial charge < -0.3 is 14.6 Å². The number of carboxylic acids is 1. The molecule has 0 aliphatic heterocycles. The molecule has 3 aromatic rings. The van der Waals surface area contributed by atoms with Gasteiger partial charge in [0.2, 0.25) is 0 Å². The Morgan fingerprint density at radius 1 is 1.26 bits per heavy atom. The van der Waals surface area contributed by atoms with Crippen LogP contribution >= 0.6 is 0 Å². The van der Waals surface area contributed by atoms with Gasteiger partial charge in [-0.15, -0.1) is 6.58 Å². The predicted molar refractivity (Wildman–Crippen MR) is 135 cm³/mol. The molecule has 35 heavy (non-hydrogen) atoms. The normalized spacial score (nSPS) is 14.3. The molecule has 1 heterocycles. The molecule has 0 radical (unpaired) electrons. The van der Waals surface area contributed by atoms with Crippen molar-refractivity contribution < 1.29 is 19.4 Å². The lowest BCUT2D eigenvalue weighted by molar-refractivity contribution is -0.139. The Bertz CT molecular complexity index is 1320. The highest BCUT2D eigenvalue weighted by Gasteiger charge is 2.22. The van der Waals surface area contributed by atoms with Gasteiger partial charge in [-0.3, -0.25) is 4.79 Å². The minimum Gasteiger partial charge on any atom is -0.493 e. The Labute approximate surface area is 203 Å². The summed E-state index contributed by atoms with van der Waals surface area (Å²) in [5.41, 5.74) is 1.86. The molecule has 1 fully saturated rings. The van der Waals surface area contributed by atoms with E-state index >= 15 is 0 Å². The topological polar surface area (TPSA) is 103 Å². The maximum atomic E-state index is 13.4. The standard InChI is InChI=1S/C27H29N3O5/c1-3-9-20-14-18(15-23(34-2)25(20)35-17-24(31)32)16-28-30-26(19-10-5-4-6-11-19)29-22-13-8-7-12-21(22)27(30)33/h3,7-8,12-16,19H,1,4-6,9-11,17H2,2H3,(H,31,32). The van der Waals surface area contributed by atoms with Crippen molar-refractivity contribution in [3.8, 4) is 11.5 Å². The van der Waals surface area contributed by atoms with Crippen LogP contribution in [0.2, 0.25) is 0 Å². The number of nitrogens with zero attached hydrogens (tertiary/aromatic N) is 3. The minimum absolute atomic E-state index is 0.177. The minimum atomic E-state index is -1.08. The molecule has 4 rings (SSSR count). The molecule has 8 heteroatoms. The molecule has 1 saturated carbocycles. The van der Waals surface area contributed by atoms with Crippen LogP contribution in [0.5, 0.6) is 11.5 Å². The zero-order valence-electron chi connectivity index (χ0n) is 19.8. The smallest absolute Gasteiger partial charge is 0.341 e. The summed E-state index contributed by atoms with van der Waals surface area (Å²) in [6.07, 6.45) is 9.11. The molecule has 0 bridgehead atoms. The number of aliphatic carboxylic acids is 1. The van der Waals surface area contributed by atoms with E-state index in [0.717, 1.165) is 25.7 Å². The van der Waals surface area contributed by atoms with E-state index in [1.54, 1.807) is 24.4 Å². The SMILES string of the molecule is C=CCc1cc(C=Nn2c(C3CCCCC3)nc3ccccc3c2=O)cc(OC)c1OCC(=O)O. The summed E-state index contributed by atoms with van der Waals surface area (Å²) in [7, 11) is 1.49. The second kappa shape index (κ2) is 11.0.